The first-order chi connectivity index (χ1) is 10.4. The molecule has 124 valence electrons. The van der Waals surface area contributed by atoms with Gasteiger partial charge in [0.1, 0.15) is 0 Å². The zero-order chi connectivity index (χ0) is 15.9. The summed E-state index contributed by atoms with van der Waals surface area (Å²) in [6.45, 7) is 4.01. The second kappa shape index (κ2) is 5.96. The summed E-state index contributed by atoms with van der Waals surface area (Å²) in [5, 5.41) is 4.26. The first kappa shape index (κ1) is 16.0. The fourth-order valence-corrected chi connectivity index (χ4v) is 5.33. The van der Waals surface area contributed by atoms with Crippen LogP contribution in [0, 0.1) is 0 Å². The predicted molar refractivity (Wildman–Crippen MR) is 87.1 cm³/mol. The van der Waals surface area contributed by atoms with Gasteiger partial charge in [0.25, 0.3) is 0 Å². The zero-order valence-electron chi connectivity index (χ0n) is 13.9. The SMILES string of the molecule is CC(C)S(=O)(=O)N(Cc1nn(C)c2c1CCC2)C1CCCC1. The maximum absolute atomic E-state index is 12.8. The van der Waals surface area contributed by atoms with Crippen molar-refractivity contribution in [2.75, 3.05) is 0 Å². The van der Waals surface area contributed by atoms with Crippen molar-refractivity contribution in [3.63, 3.8) is 0 Å². The molecule has 22 heavy (non-hydrogen) atoms. The minimum Gasteiger partial charge on any atom is -0.272 e. The number of rotatable bonds is 5. The van der Waals surface area contributed by atoms with Crippen molar-refractivity contribution in [3.05, 3.63) is 17.0 Å². The summed E-state index contributed by atoms with van der Waals surface area (Å²) in [6, 6.07) is 0.159. The number of aryl methyl sites for hydroxylation is 1. The molecule has 0 unspecified atom stereocenters. The number of hydrogen-bond donors (Lipinski definition) is 0. The molecule has 0 saturated heterocycles. The molecular weight excluding hydrogens is 298 g/mol. The first-order valence-corrected chi connectivity index (χ1v) is 9.96. The molecule has 0 aliphatic heterocycles. The molecule has 2 aliphatic rings. The zero-order valence-corrected chi connectivity index (χ0v) is 14.7. The number of fused-ring (bicyclic) bond motifs is 1. The second-order valence-corrected chi connectivity index (χ2v) is 9.37. The summed E-state index contributed by atoms with van der Waals surface area (Å²) in [4.78, 5) is 0. The van der Waals surface area contributed by atoms with Gasteiger partial charge in [-0.05, 0) is 51.5 Å². The van der Waals surface area contributed by atoms with E-state index in [1.54, 1.807) is 18.2 Å². The van der Waals surface area contributed by atoms with Crippen LogP contribution in [-0.4, -0.2) is 33.8 Å². The van der Waals surface area contributed by atoms with Gasteiger partial charge in [0.2, 0.25) is 10.0 Å². The smallest absolute Gasteiger partial charge is 0.217 e. The highest BCUT2D eigenvalue weighted by Gasteiger charge is 2.35. The molecular formula is C16H27N3O2S. The van der Waals surface area contributed by atoms with Crippen LogP contribution in [-0.2, 0) is 36.5 Å². The molecule has 0 amide bonds. The Labute approximate surface area is 133 Å². The normalized spacial score (nSPS) is 19.5. The lowest BCUT2D eigenvalue weighted by atomic mass is 10.2. The van der Waals surface area contributed by atoms with E-state index in [1.165, 1.54) is 11.3 Å². The number of aromatic nitrogens is 2. The quantitative estimate of drug-likeness (QED) is 0.835. The summed E-state index contributed by atoms with van der Waals surface area (Å²) >= 11 is 0. The minimum atomic E-state index is -3.24. The fourth-order valence-electron chi connectivity index (χ4n) is 3.86. The van der Waals surface area contributed by atoms with Crippen molar-refractivity contribution in [2.24, 2.45) is 7.05 Å². The highest BCUT2D eigenvalue weighted by molar-refractivity contribution is 7.89. The highest BCUT2D eigenvalue weighted by Crippen LogP contribution is 2.31. The van der Waals surface area contributed by atoms with Crippen LogP contribution in [0.15, 0.2) is 0 Å². The average Bonchev–Trinajstić information content (AvgIpc) is 3.15. The lowest BCUT2D eigenvalue weighted by molar-refractivity contribution is 0.309. The van der Waals surface area contributed by atoms with Crippen LogP contribution >= 0.6 is 0 Å². The maximum Gasteiger partial charge on any atom is 0.217 e. The third-order valence-corrected chi connectivity index (χ3v) is 7.43. The molecule has 0 bridgehead atoms. The molecule has 1 saturated carbocycles. The minimum absolute atomic E-state index is 0.159. The number of sulfonamides is 1. The van der Waals surface area contributed by atoms with Gasteiger partial charge in [-0.15, -0.1) is 0 Å². The lowest BCUT2D eigenvalue weighted by Gasteiger charge is -2.29. The van der Waals surface area contributed by atoms with Gasteiger partial charge in [0.05, 0.1) is 17.5 Å². The second-order valence-electron chi connectivity index (χ2n) is 6.93. The van der Waals surface area contributed by atoms with E-state index in [0.717, 1.165) is 50.6 Å². The van der Waals surface area contributed by atoms with Gasteiger partial charge < -0.3 is 0 Å². The Balaban J connectivity index is 1.92. The van der Waals surface area contributed by atoms with Crippen molar-refractivity contribution >= 4 is 10.0 Å². The van der Waals surface area contributed by atoms with Gasteiger partial charge in [-0.2, -0.15) is 9.40 Å². The van der Waals surface area contributed by atoms with E-state index in [0.29, 0.717) is 6.54 Å². The van der Waals surface area contributed by atoms with Gasteiger partial charge in [-0.25, -0.2) is 8.42 Å². The van der Waals surface area contributed by atoms with E-state index >= 15 is 0 Å². The molecule has 1 fully saturated rings. The van der Waals surface area contributed by atoms with E-state index in [9.17, 15) is 8.42 Å². The fraction of sp³-hybridized carbons (Fsp3) is 0.812. The van der Waals surface area contributed by atoms with Crippen LogP contribution in [0.2, 0.25) is 0 Å². The van der Waals surface area contributed by atoms with Crippen LogP contribution in [0.4, 0.5) is 0 Å². The molecule has 0 aromatic carbocycles. The Morgan fingerprint density at radius 2 is 1.91 bits per heavy atom. The molecule has 3 rings (SSSR count). The molecule has 0 N–H and O–H groups in total. The molecule has 1 heterocycles. The molecule has 5 nitrogen and oxygen atoms in total. The van der Waals surface area contributed by atoms with Gasteiger partial charge in [-0.3, -0.25) is 4.68 Å². The molecule has 0 atom stereocenters. The van der Waals surface area contributed by atoms with Gasteiger partial charge in [0.15, 0.2) is 0 Å². The van der Waals surface area contributed by atoms with Crippen LogP contribution in [0.25, 0.3) is 0 Å². The Hall–Kier alpha value is -0.880. The average molecular weight is 325 g/mol. The van der Waals surface area contributed by atoms with Crippen molar-refractivity contribution in [2.45, 2.75) is 76.6 Å². The van der Waals surface area contributed by atoms with Crippen LogP contribution in [0.1, 0.15) is 62.9 Å². The first-order valence-electron chi connectivity index (χ1n) is 8.45. The maximum atomic E-state index is 12.8. The molecule has 0 radical (unpaired) electrons. The third-order valence-electron chi connectivity index (χ3n) is 5.16. The standard InChI is InChI=1S/C16H27N3O2S/c1-12(2)22(20,21)19(13-7-4-5-8-13)11-15-14-9-6-10-16(14)18(3)17-15/h12-13H,4-11H2,1-3H3. The van der Waals surface area contributed by atoms with E-state index < -0.39 is 10.0 Å². The number of nitrogens with zero attached hydrogens (tertiary/aromatic N) is 3. The number of hydrogen-bond acceptors (Lipinski definition) is 3. The van der Waals surface area contributed by atoms with Crippen molar-refractivity contribution in [1.82, 2.24) is 14.1 Å². The highest BCUT2D eigenvalue weighted by atomic mass is 32.2. The summed E-state index contributed by atoms with van der Waals surface area (Å²) in [6.07, 6.45) is 7.51. The Morgan fingerprint density at radius 1 is 1.23 bits per heavy atom. The van der Waals surface area contributed by atoms with Crippen molar-refractivity contribution < 1.29 is 8.42 Å². The largest absolute Gasteiger partial charge is 0.272 e. The molecule has 0 spiro atoms. The van der Waals surface area contributed by atoms with Crippen molar-refractivity contribution in [1.29, 1.82) is 0 Å². The Bertz CT molecular complexity index is 643. The van der Waals surface area contributed by atoms with Crippen LogP contribution < -0.4 is 0 Å². The summed E-state index contributed by atoms with van der Waals surface area (Å²) in [5.41, 5.74) is 3.57. The molecule has 1 aromatic heterocycles. The van der Waals surface area contributed by atoms with E-state index in [2.05, 4.69) is 5.10 Å². The topological polar surface area (TPSA) is 55.2 Å². The summed E-state index contributed by atoms with van der Waals surface area (Å²) < 4.78 is 29.3. The van der Waals surface area contributed by atoms with Crippen molar-refractivity contribution in [3.8, 4) is 0 Å². The lowest BCUT2D eigenvalue weighted by Crippen LogP contribution is -2.42. The predicted octanol–water partition coefficient (Wildman–Crippen LogP) is 2.39. The monoisotopic (exact) mass is 325 g/mol. The van der Waals surface area contributed by atoms with Gasteiger partial charge >= 0.3 is 0 Å². The molecule has 2 aliphatic carbocycles. The molecule has 1 aromatic rings. The van der Waals surface area contributed by atoms with E-state index in [4.69, 9.17) is 0 Å². The Kier molecular flexibility index (Phi) is 4.34. The summed E-state index contributed by atoms with van der Waals surface area (Å²) in [7, 11) is -1.27. The van der Waals surface area contributed by atoms with Gasteiger partial charge in [0, 0.05) is 18.8 Å². The third kappa shape index (κ3) is 2.71. The van der Waals surface area contributed by atoms with Crippen LogP contribution in [0.3, 0.4) is 0 Å². The van der Waals surface area contributed by atoms with E-state index in [-0.39, 0.29) is 11.3 Å². The van der Waals surface area contributed by atoms with Gasteiger partial charge in [-0.1, -0.05) is 12.8 Å². The summed E-state index contributed by atoms with van der Waals surface area (Å²) in [5.74, 6) is 0. The van der Waals surface area contributed by atoms with E-state index in [1.807, 2.05) is 11.7 Å². The Morgan fingerprint density at radius 3 is 2.55 bits per heavy atom. The molecule has 6 heteroatoms. The van der Waals surface area contributed by atoms with Crippen LogP contribution in [0.5, 0.6) is 0 Å².